The first-order chi connectivity index (χ1) is 5.09. The van der Waals surface area contributed by atoms with Crippen molar-refractivity contribution in [1.29, 1.82) is 0 Å². The van der Waals surface area contributed by atoms with Gasteiger partial charge in [-0.3, -0.25) is 4.90 Å². The molecule has 0 aliphatic heterocycles. The van der Waals surface area contributed by atoms with Crippen LogP contribution in [0.5, 0.6) is 0 Å². The van der Waals surface area contributed by atoms with E-state index in [-0.39, 0.29) is 18.9 Å². The van der Waals surface area contributed by atoms with Crippen molar-refractivity contribution in [2.24, 2.45) is 0 Å². The molecule has 0 aromatic rings. The monoisotopic (exact) mass is 164 g/mol. The van der Waals surface area contributed by atoms with Crippen LogP contribution in [-0.4, -0.2) is 42.4 Å². The van der Waals surface area contributed by atoms with E-state index in [1.54, 1.807) is 0 Å². The van der Waals surface area contributed by atoms with Gasteiger partial charge in [-0.25, -0.2) is 0 Å². The molecule has 0 aliphatic carbocycles. The Morgan fingerprint density at radius 3 is 1.75 bits per heavy atom. The fourth-order valence-corrected chi connectivity index (χ4v) is 1.41. The average molecular weight is 164 g/mol. The normalized spacial score (nSPS) is 11.0. The number of hydrogen-bond acceptors (Lipinski definition) is 1. The van der Waals surface area contributed by atoms with Gasteiger partial charge in [-0.1, -0.05) is 13.3 Å². The molecule has 0 aromatic heterocycles. The fraction of sp³-hybridized carbons (Fsp3) is 0.900. The maximum atomic E-state index is 3.85. The summed E-state index contributed by atoms with van der Waals surface area (Å²) >= 11 is 0. The van der Waals surface area contributed by atoms with Crippen LogP contribution in [0.4, 0.5) is 0 Å². The Bertz CT molecular complexity index is 83.8. The fourth-order valence-electron chi connectivity index (χ4n) is 1.41. The molecule has 0 N–H and O–H groups in total. The maximum absolute atomic E-state index is 3.85. The molecule has 0 spiro atoms. The molecular weight excluding hydrogens is 141 g/mol. The van der Waals surface area contributed by atoms with Gasteiger partial charge < -0.3 is 0 Å². The average Bonchev–Trinajstić information content (AvgIpc) is 1.87. The summed E-state index contributed by atoms with van der Waals surface area (Å²) < 4.78 is 0. The number of nitrogens with zero attached hydrogens (tertiary/aromatic N) is 1. The Morgan fingerprint density at radius 1 is 1.08 bits per heavy atom. The van der Waals surface area contributed by atoms with E-state index in [1.807, 2.05) is 0 Å². The second-order valence-electron chi connectivity index (χ2n) is 3.63. The first-order valence-electron chi connectivity index (χ1n) is 4.64. The van der Waals surface area contributed by atoms with Gasteiger partial charge in [0.05, 0.1) is 0 Å². The standard InChI is InChI=1S/C10H22N.Li.H/c1-6-7-8-11(9(2)3)10(4)5;;/h9-10H,1,6-8H2,2-5H3;;. The van der Waals surface area contributed by atoms with Crippen LogP contribution in [-0.2, 0) is 0 Å². The van der Waals surface area contributed by atoms with Gasteiger partial charge in [-0.2, -0.15) is 0 Å². The molecule has 0 rings (SSSR count). The number of hydrogen-bond donors (Lipinski definition) is 0. The van der Waals surface area contributed by atoms with Gasteiger partial charge in [0.2, 0.25) is 0 Å². The summed E-state index contributed by atoms with van der Waals surface area (Å²) in [5.74, 6) is 0. The van der Waals surface area contributed by atoms with E-state index in [0.717, 1.165) is 6.42 Å². The molecule has 0 aromatic carbocycles. The van der Waals surface area contributed by atoms with Crippen molar-refractivity contribution in [3.63, 3.8) is 0 Å². The molecule has 0 unspecified atom stereocenters. The summed E-state index contributed by atoms with van der Waals surface area (Å²) in [6.45, 7) is 14.1. The van der Waals surface area contributed by atoms with Crippen LogP contribution < -0.4 is 0 Å². The van der Waals surface area contributed by atoms with E-state index in [1.165, 1.54) is 13.0 Å². The zero-order chi connectivity index (χ0) is 8.85. The van der Waals surface area contributed by atoms with E-state index >= 15 is 0 Å². The molecule has 0 fully saturated rings. The van der Waals surface area contributed by atoms with Gasteiger partial charge >= 0.3 is 18.9 Å². The van der Waals surface area contributed by atoms with Gasteiger partial charge in [-0.05, 0) is 40.7 Å². The molecule has 1 radical (unpaired) electrons. The predicted octanol–water partition coefficient (Wildman–Crippen LogP) is 2.07. The second-order valence-corrected chi connectivity index (χ2v) is 3.63. The minimum absolute atomic E-state index is 0. The summed E-state index contributed by atoms with van der Waals surface area (Å²) in [5.41, 5.74) is 0. The molecule has 0 amide bonds. The van der Waals surface area contributed by atoms with Crippen LogP contribution in [0.15, 0.2) is 0 Å². The third kappa shape index (κ3) is 6.12. The van der Waals surface area contributed by atoms with E-state index in [4.69, 9.17) is 0 Å². The van der Waals surface area contributed by atoms with Gasteiger partial charge in [0.15, 0.2) is 0 Å². The van der Waals surface area contributed by atoms with Crippen molar-refractivity contribution < 1.29 is 0 Å². The third-order valence-corrected chi connectivity index (χ3v) is 1.99. The second kappa shape index (κ2) is 8.17. The molecule has 0 bridgehead atoms. The van der Waals surface area contributed by atoms with Crippen molar-refractivity contribution in [3.05, 3.63) is 6.92 Å². The molecular formula is C10H23LiN. The van der Waals surface area contributed by atoms with Crippen molar-refractivity contribution in [2.45, 2.75) is 52.6 Å². The molecule has 12 heavy (non-hydrogen) atoms. The molecule has 2 heteroatoms. The molecule has 0 atom stereocenters. The van der Waals surface area contributed by atoms with Crippen LogP contribution >= 0.6 is 0 Å². The molecule has 0 heterocycles. The quantitative estimate of drug-likeness (QED) is 0.562. The zero-order valence-corrected chi connectivity index (χ0v) is 8.43. The van der Waals surface area contributed by atoms with Crippen molar-refractivity contribution in [1.82, 2.24) is 4.90 Å². The Balaban J connectivity index is 0. The van der Waals surface area contributed by atoms with Gasteiger partial charge in [0.25, 0.3) is 0 Å². The van der Waals surface area contributed by atoms with E-state index in [0.29, 0.717) is 12.1 Å². The summed E-state index contributed by atoms with van der Waals surface area (Å²) in [6.07, 6.45) is 2.27. The molecule has 0 aliphatic rings. The van der Waals surface area contributed by atoms with Crippen molar-refractivity contribution >= 4 is 18.9 Å². The first kappa shape index (κ1) is 15.0. The van der Waals surface area contributed by atoms with Crippen LogP contribution in [0.2, 0.25) is 0 Å². The third-order valence-electron chi connectivity index (χ3n) is 1.99. The van der Waals surface area contributed by atoms with Crippen molar-refractivity contribution in [3.8, 4) is 0 Å². The van der Waals surface area contributed by atoms with E-state index in [9.17, 15) is 0 Å². The van der Waals surface area contributed by atoms with Gasteiger partial charge in [0.1, 0.15) is 0 Å². The number of rotatable bonds is 5. The summed E-state index contributed by atoms with van der Waals surface area (Å²) in [6, 6.07) is 1.34. The van der Waals surface area contributed by atoms with E-state index < -0.39 is 0 Å². The molecule has 0 saturated heterocycles. The van der Waals surface area contributed by atoms with Crippen LogP contribution in [0.1, 0.15) is 40.5 Å². The summed E-state index contributed by atoms with van der Waals surface area (Å²) in [7, 11) is 0. The number of unbranched alkanes of at least 4 members (excludes halogenated alkanes) is 1. The Kier molecular flexibility index (Phi) is 10.2. The summed E-state index contributed by atoms with van der Waals surface area (Å²) in [5, 5.41) is 0. The molecule has 0 saturated carbocycles. The Morgan fingerprint density at radius 2 is 1.50 bits per heavy atom. The minimum atomic E-state index is 0. The van der Waals surface area contributed by atoms with Crippen LogP contribution in [0.25, 0.3) is 0 Å². The molecule has 69 valence electrons. The van der Waals surface area contributed by atoms with Crippen LogP contribution in [0.3, 0.4) is 0 Å². The summed E-state index contributed by atoms with van der Waals surface area (Å²) in [4.78, 5) is 2.51. The van der Waals surface area contributed by atoms with Gasteiger partial charge in [-0.15, -0.1) is 0 Å². The van der Waals surface area contributed by atoms with Gasteiger partial charge in [0, 0.05) is 12.1 Å². The SMILES string of the molecule is [CH2]CCCN(C(C)C)C(C)C.[LiH]. The van der Waals surface area contributed by atoms with Crippen molar-refractivity contribution in [2.75, 3.05) is 6.54 Å². The predicted molar refractivity (Wildman–Crippen MR) is 58.7 cm³/mol. The Labute approximate surface area is 90.1 Å². The topological polar surface area (TPSA) is 3.24 Å². The zero-order valence-electron chi connectivity index (χ0n) is 8.43. The van der Waals surface area contributed by atoms with Crippen LogP contribution in [0, 0.1) is 6.92 Å². The van der Waals surface area contributed by atoms with E-state index in [2.05, 4.69) is 39.5 Å². The Hall–Kier alpha value is 0.557. The molecule has 1 nitrogen and oxygen atoms in total. The first-order valence-corrected chi connectivity index (χ1v) is 4.64.